The van der Waals surface area contributed by atoms with Gasteiger partial charge in [-0.25, -0.2) is 9.37 Å². The van der Waals surface area contributed by atoms with Crippen molar-refractivity contribution in [2.24, 2.45) is 5.73 Å². The number of ether oxygens (including phenoxy) is 1. The van der Waals surface area contributed by atoms with Gasteiger partial charge in [0.15, 0.2) is 0 Å². The van der Waals surface area contributed by atoms with Gasteiger partial charge in [-0.05, 0) is 43.0 Å². The van der Waals surface area contributed by atoms with Crippen LogP contribution in [-0.2, 0) is 12.8 Å². The topological polar surface area (TPSA) is 48.1 Å². The highest BCUT2D eigenvalue weighted by molar-refractivity contribution is 7.80. The molecule has 0 radical (unpaired) electrons. The quantitative estimate of drug-likeness (QED) is 0.873. The van der Waals surface area contributed by atoms with Crippen molar-refractivity contribution in [3.05, 3.63) is 51.9 Å². The van der Waals surface area contributed by atoms with Gasteiger partial charge >= 0.3 is 0 Å². The zero-order chi connectivity index (χ0) is 15.0. The number of hydrogen-bond acceptors (Lipinski definition) is 3. The van der Waals surface area contributed by atoms with E-state index < -0.39 is 5.82 Å². The Morgan fingerprint density at radius 1 is 1.33 bits per heavy atom. The van der Waals surface area contributed by atoms with Gasteiger partial charge in [0.05, 0.1) is 10.6 Å². The van der Waals surface area contributed by atoms with Crippen molar-refractivity contribution in [3.63, 3.8) is 0 Å². The van der Waals surface area contributed by atoms with Gasteiger partial charge < -0.3 is 10.5 Å². The van der Waals surface area contributed by atoms with Crippen molar-refractivity contribution in [2.75, 3.05) is 0 Å². The number of nitrogens with two attached hydrogens (primary N) is 1. The number of aromatic nitrogens is 1. The molecule has 0 atom stereocenters. The van der Waals surface area contributed by atoms with Crippen LogP contribution >= 0.6 is 23.8 Å². The molecule has 0 aliphatic heterocycles. The number of benzene rings is 1. The molecular weight excluding hydrogens is 311 g/mol. The largest absolute Gasteiger partial charge is 0.438 e. The minimum Gasteiger partial charge on any atom is -0.438 e. The number of thiocarbonyl (C=S) groups is 1. The molecule has 0 bridgehead atoms. The Labute approximate surface area is 131 Å². The number of rotatable bonds is 3. The summed E-state index contributed by atoms with van der Waals surface area (Å²) in [5.74, 6) is 0.232. The van der Waals surface area contributed by atoms with Crippen LogP contribution in [0, 0.1) is 5.82 Å². The number of halogens is 2. The van der Waals surface area contributed by atoms with E-state index in [9.17, 15) is 4.39 Å². The molecule has 1 aliphatic carbocycles. The van der Waals surface area contributed by atoms with Crippen molar-refractivity contribution < 1.29 is 9.13 Å². The average Bonchev–Trinajstić information content (AvgIpc) is 2.89. The van der Waals surface area contributed by atoms with E-state index in [0.29, 0.717) is 17.2 Å². The Hall–Kier alpha value is -1.72. The van der Waals surface area contributed by atoms with Crippen LogP contribution in [0.2, 0.25) is 5.02 Å². The van der Waals surface area contributed by atoms with E-state index in [2.05, 4.69) is 4.98 Å². The van der Waals surface area contributed by atoms with E-state index in [-0.39, 0.29) is 10.0 Å². The Kier molecular flexibility index (Phi) is 3.78. The Balaban J connectivity index is 2.01. The molecule has 2 N–H and O–H groups in total. The molecule has 108 valence electrons. The zero-order valence-corrected chi connectivity index (χ0v) is 12.6. The van der Waals surface area contributed by atoms with Gasteiger partial charge in [0.2, 0.25) is 5.88 Å². The molecule has 1 aromatic carbocycles. The molecule has 2 aromatic rings. The maximum Gasteiger partial charge on any atom is 0.229 e. The second kappa shape index (κ2) is 5.58. The van der Waals surface area contributed by atoms with Gasteiger partial charge in [-0.1, -0.05) is 23.8 Å². The van der Waals surface area contributed by atoms with Gasteiger partial charge in [-0.2, -0.15) is 0 Å². The highest BCUT2D eigenvalue weighted by atomic mass is 35.5. The molecular formula is C15H12ClFN2OS. The van der Waals surface area contributed by atoms with E-state index >= 15 is 0 Å². The van der Waals surface area contributed by atoms with E-state index in [1.54, 1.807) is 0 Å². The fourth-order valence-corrected chi connectivity index (χ4v) is 2.68. The summed E-state index contributed by atoms with van der Waals surface area (Å²) in [6.07, 6.45) is 2.94. The number of nitrogens with zero attached hydrogens (tertiary/aromatic N) is 1. The molecule has 0 spiro atoms. The van der Waals surface area contributed by atoms with Gasteiger partial charge in [0, 0.05) is 11.8 Å². The third kappa shape index (κ3) is 2.84. The van der Waals surface area contributed by atoms with Crippen LogP contribution in [0.1, 0.15) is 23.2 Å². The first-order valence-corrected chi connectivity index (χ1v) is 7.28. The maximum absolute atomic E-state index is 13.2. The van der Waals surface area contributed by atoms with Crippen molar-refractivity contribution in [3.8, 4) is 11.6 Å². The monoisotopic (exact) mass is 322 g/mol. The Bertz CT molecular complexity index is 736. The van der Waals surface area contributed by atoms with Crippen LogP contribution in [0.5, 0.6) is 11.6 Å². The molecule has 0 amide bonds. The lowest BCUT2D eigenvalue weighted by Gasteiger charge is -2.12. The SMILES string of the molecule is NC(=S)c1cc2c(nc1Oc1ccc(F)c(Cl)c1)CCC2. The van der Waals surface area contributed by atoms with Crippen molar-refractivity contribution in [1.29, 1.82) is 0 Å². The van der Waals surface area contributed by atoms with E-state index in [0.717, 1.165) is 30.5 Å². The summed E-state index contributed by atoms with van der Waals surface area (Å²) >= 11 is 10.8. The standard InChI is InChI=1S/C15H12ClFN2OS/c16-11-7-9(4-5-12(11)17)20-15-10(14(18)21)6-8-2-1-3-13(8)19-15/h4-7H,1-3H2,(H2,18,21). The smallest absolute Gasteiger partial charge is 0.229 e. The normalized spacial score (nSPS) is 13.0. The summed E-state index contributed by atoms with van der Waals surface area (Å²) in [5, 5.41) is -0.00876. The summed E-state index contributed by atoms with van der Waals surface area (Å²) in [7, 11) is 0. The first-order chi connectivity index (χ1) is 10.0. The first-order valence-electron chi connectivity index (χ1n) is 6.50. The van der Waals surface area contributed by atoms with Gasteiger partial charge in [-0.3, -0.25) is 0 Å². The lowest BCUT2D eigenvalue weighted by Crippen LogP contribution is -2.13. The summed E-state index contributed by atoms with van der Waals surface area (Å²) in [4.78, 5) is 4.72. The van der Waals surface area contributed by atoms with Crippen molar-refractivity contribution >= 4 is 28.8 Å². The predicted molar refractivity (Wildman–Crippen MR) is 83.6 cm³/mol. The van der Waals surface area contributed by atoms with Gasteiger partial charge in [0.1, 0.15) is 16.6 Å². The van der Waals surface area contributed by atoms with Crippen LogP contribution in [0.4, 0.5) is 4.39 Å². The summed E-state index contributed by atoms with van der Waals surface area (Å²) in [6.45, 7) is 0. The average molecular weight is 323 g/mol. The lowest BCUT2D eigenvalue weighted by atomic mass is 10.1. The van der Waals surface area contributed by atoms with E-state index in [4.69, 9.17) is 34.3 Å². The van der Waals surface area contributed by atoms with Crippen LogP contribution in [0.25, 0.3) is 0 Å². The van der Waals surface area contributed by atoms with Gasteiger partial charge in [-0.15, -0.1) is 0 Å². The van der Waals surface area contributed by atoms with Crippen LogP contribution < -0.4 is 10.5 Å². The predicted octanol–water partition coefficient (Wildman–Crippen LogP) is 3.79. The fourth-order valence-electron chi connectivity index (χ4n) is 2.36. The summed E-state index contributed by atoms with van der Waals surface area (Å²) in [6, 6.07) is 6.05. The molecule has 0 fully saturated rings. The molecule has 21 heavy (non-hydrogen) atoms. The number of fused-ring (bicyclic) bond motifs is 1. The molecule has 1 aliphatic rings. The molecule has 3 rings (SSSR count). The number of aryl methyl sites for hydroxylation is 2. The third-order valence-electron chi connectivity index (χ3n) is 3.39. The molecule has 0 unspecified atom stereocenters. The summed E-state index contributed by atoms with van der Waals surface area (Å²) < 4.78 is 18.9. The molecule has 1 heterocycles. The van der Waals surface area contributed by atoms with Crippen LogP contribution in [-0.4, -0.2) is 9.97 Å². The zero-order valence-electron chi connectivity index (χ0n) is 11.0. The third-order valence-corrected chi connectivity index (χ3v) is 3.90. The first kappa shape index (κ1) is 14.2. The van der Waals surface area contributed by atoms with Gasteiger partial charge in [0.25, 0.3) is 0 Å². The Morgan fingerprint density at radius 2 is 2.14 bits per heavy atom. The fraction of sp³-hybridized carbons (Fsp3) is 0.200. The second-order valence-electron chi connectivity index (χ2n) is 4.84. The maximum atomic E-state index is 13.2. The number of pyridine rings is 1. The Morgan fingerprint density at radius 3 is 2.86 bits per heavy atom. The van der Waals surface area contributed by atoms with Crippen molar-refractivity contribution in [1.82, 2.24) is 4.98 Å². The van der Waals surface area contributed by atoms with E-state index in [1.165, 1.54) is 18.2 Å². The highest BCUT2D eigenvalue weighted by Crippen LogP contribution is 2.31. The van der Waals surface area contributed by atoms with Crippen molar-refractivity contribution in [2.45, 2.75) is 19.3 Å². The molecule has 1 aromatic heterocycles. The van der Waals surface area contributed by atoms with Crippen LogP contribution in [0.3, 0.4) is 0 Å². The lowest BCUT2D eigenvalue weighted by molar-refractivity contribution is 0.458. The minimum absolute atomic E-state index is 0.00876. The van der Waals surface area contributed by atoms with Crippen LogP contribution in [0.15, 0.2) is 24.3 Å². The minimum atomic E-state index is -0.500. The number of hydrogen-bond donors (Lipinski definition) is 1. The summed E-state index contributed by atoms with van der Waals surface area (Å²) in [5.41, 5.74) is 8.48. The second-order valence-corrected chi connectivity index (χ2v) is 5.69. The highest BCUT2D eigenvalue weighted by Gasteiger charge is 2.19. The molecule has 3 nitrogen and oxygen atoms in total. The van der Waals surface area contributed by atoms with E-state index in [1.807, 2.05) is 6.07 Å². The molecule has 0 saturated carbocycles. The molecule has 6 heteroatoms. The molecule has 0 saturated heterocycles.